The van der Waals surface area contributed by atoms with Crippen molar-refractivity contribution in [3.8, 4) is 0 Å². The number of hydrogen-bond donors (Lipinski definition) is 1. The van der Waals surface area contributed by atoms with E-state index in [-0.39, 0.29) is 5.41 Å². The second-order valence-corrected chi connectivity index (χ2v) is 4.92. The standard InChI is InChI=1S/C11H22N2O2/c1-10-6-13(3-5-15-10)8-11(7-12)2-4-14-9-11/h10H,2-9,12H2,1H3. The van der Waals surface area contributed by atoms with Crippen LogP contribution in [0.5, 0.6) is 0 Å². The lowest BCUT2D eigenvalue weighted by Crippen LogP contribution is -2.49. The van der Waals surface area contributed by atoms with Crippen molar-refractivity contribution in [3.05, 3.63) is 0 Å². The number of hydrogen-bond acceptors (Lipinski definition) is 4. The Kier molecular flexibility index (Phi) is 3.61. The van der Waals surface area contributed by atoms with Gasteiger partial charge in [0.05, 0.1) is 19.3 Å². The van der Waals surface area contributed by atoms with Crippen molar-refractivity contribution >= 4 is 0 Å². The molecule has 0 aliphatic carbocycles. The molecule has 2 rings (SSSR count). The molecule has 0 spiro atoms. The van der Waals surface area contributed by atoms with Gasteiger partial charge in [0.2, 0.25) is 0 Å². The summed E-state index contributed by atoms with van der Waals surface area (Å²) in [6.07, 6.45) is 1.46. The van der Waals surface area contributed by atoms with Gasteiger partial charge in [0.15, 0.2) is 0 Å². The smallest absolute Gasteiger partial charge is 0.0674 e. The lowest BCUT2D eigenvalue weighted by atomic mass is 9.86. The first-order valence-corrected chi connectivity index (χ1v) is 5.86. The average molecular weight is 214 g/mol. The van der Waals surface area contributed by atoms with Gasteiger partial charge in [-0.1, -0.05) is 0 Å². The van der Waals surface area contributed by atoms with Gasteiger partial charge in [0.1, 0.15) is 0 Å². The summed E-state index contributed by atoms with van der Waals surface area (Å²) in [7, 11) is 0. The molecule has 0 radical (unpaired) electrons. The minimum absolute atomic E-state index is 0.205. The summed E-state index contributed by atoms with van der Waals surface area (Å²) in [5, 5.41) is 0. The molecule has 2 atom stereocenters. The van der Waals surface area contributed by atoms with Gasteiger partial charge in [0, 0.05) is 38.2 Å². The molecular weight excluding hydrogens is 192 g/mol. The molecule has 0 amide bonds. The molecule has 0 saturated carbocycles. The number of morpholine rings is 1. The van der Waals surface area contributed by atoms with Crippen LogP contribution in [-0.2, 0) is 9.47 Å². The summed E-state index contributed by atoms with van der Waals surface area (Å²) >= 11 is 0. The normalized spacial score (nSPS) is 38.4. The fraction of sp³-hybridized carbons (Fsp3) is 1.00. The molecule has 0 aromatic rings. The van der Waals surface area contributed by atoms with Crippen molar-refractivity contribution in [2.24, 2.45) is 11.1 Å². The maximum atomic E-state index is 5.88. The van der Waals surface area contributed by atoms with Crippen LogP contribution in [0.15, 0.2) is 0 Å². The van der Waals surface area contributed by atoms with Gasteiger partial charge in [-0.05, 0) is 13.3 Å². The zero-order chi connectivity index (χ0) is 10.7. The number of nitrogens with zero attached hydrogens (tertiary/aromatic N) is 1. The largest absolute Gasteiger partial charge is 0.381 e. The van der Waals surface area contributed by atoms with Crippen LogP contribution in [0.1, 0.15) is 13.3 Å². The zero-order valence-electron chi connectivity index (χ0n) is 9.58. The number of ether oxygens (including phenoxy) is 2. The summed E-state index contributed by atoms with van der Waals surface area (Å²) in [6.45, 7) is 8.55. The number of nitrogens with two attached hydrogens (primary N) is 1. The van der Waals surface area contributed by atoms with Crippen molar-refractivity contribution in [3.63, 3.8) is 0 Å². The average Bonchev–Trinajstić information content (AvgIpc) is 2.67. The highest BCUT2D eigenvalue weighted by Crippen LogP contribution is 2.28. The Hall–Kier alpha value is -0.160. The molecule has 0 bridgehead atoms. The van der Waals surface area contributed by atoms with E-state index in [4.69, 9.17) is 15.2 Å². The zero-order valence-corrected chi connectivity index (χ0v) is 9.58. The van der Waals surface area contributed by atoms with E-state index in [1.807, 2.05) is 0 Å². The third-order valence-electron chi connectivity index (χ3n) is 3.50. The van der Waals surface area contributed by atoms with Crippen LogP contribution in [0.4, 0.5) is 0 Å². The van der Waals surface area contributed by atoms with E-state index in [2.05, 4.69) is 11.8 Å². The van der Waals surface area contributed by atoms with Crippen molar-refractivity contribution in [2.45, 2.75) is 19.4 Å². The lowest BCUT2D eigenvalue weighted by molar-refractivity contribution is -0.0324. The van der Waals surface area contributed by atoms with Gasteiger partial charge in [-0.2, -0.15) is 0 Å². The van der Waals surface area contributed by atoms with Gasteiger partial charge in [-0.15, -0.1) is 0 Å². The van der Waals surface area contributed by atoms with Crippen LogP contribution in [0, 0.1) is 5.41 Å². The first kappa shape index (κ1) is 11.3. The van der Waals surface area contributed by atoms with E-state index in [0.717, 1.165) is 52.4 Å². The molecule has 2 aliphatic rings. The molecule has 4 nitrogen and oxygen atoms in total. The van der Waals surface area contributed by atoms with Crippen LogP contribution in [0.2, 0.25) is 0 Å². The third-order valence-corrected chi connectivity index (χ3v) is 3.50. The Balaban J connectivity index is 1.88. The van der Waals surface area contributed by atoms with Gasteiger partial charge in [-0.3, -0.25) is 4.90 Å². The molecule has 88 valence electrons. The number of rotatable bonds is 3. The predicted octanol–water partition coefficient (Wildman–Crippen LogP) is 0.0725. The molecule has 2 aliphatic heterocycles. The van der Waals surface area contributed by atoms with Crippen molar-refractivity contribution < 1.29 is 9.47 Å². The van der Waals surface area contributed by atoms with E-state index in [1.54, 1.807) is 0 Å². The first-order valence-electron chi connectivity index (χ1n) is 5.86. The quantitative estimate of drug-likeness (QED) is 0.722. The van der Waals surface area contributed by atoms with Crippen molar-refractivity contribution in [1.82, 2.24) is 4.90 Å². The van der Waals surface area contributed by atoms with Crippen molar-refractivity contribution in [1.29, 1.82) is 0 Å². The SMILES string of the molecule is CC1CN(CC2(CN)CCOC2)CCO1. The Morgan fingerprint density at radius 3 is 2.93 bits per heavy atom. The van der Waals surface area contributed by atoms with Crippen LogP contribution in [-0.4, -0.2) is 57.0 Å². The molecule has 2 heterocycles. The highest BCUT2D eigenvalue weighted by atomic mass is 16.5. The fourth-order valence-electron chi connectivity index (χ4n) is 2.51. The molecular formula is C11H22N2O2. The molecule has 2 unspecified atom stereocenters. The maximum absolute atomic E-state index is 5.88. The van der Waals surface area contributed by atoms with Crippen molar-refractivity contribution in [2.75, 3.05) is 46.0 Å². The lowest BCUT2D eigenvalue weighted by Gasteiger charge is -2.37. The minimum Gasteiger partial charge on any atom is -0.381 e. The summed E-state index contributed by atoms with van der Waals surface area (Å²) < 4.78 is 11.0. The molecule has 4 heteroatoms. The monoisotopic (exact) mass is 214 g/mol. The molecule has 2 saturated heterocycles. The van der Waals surface area contributed by atoms with E-state index < -0.39 is 0 Å². The van der Waals surface area contributed by atoms with Crippen LogP contribution < -0.4 is 5.73 Å². The molecule has 0 aromatic carbocycles. The topological polar surface area (TPSA) is 47.7 Å². The van der Waals surface area contributed by atoms with Gasteiger partial charge < -0.3 is 15.2 Å². The third kappa shape index (κ3) is 2.69. The second kappa shape index (κ2) is 4.78. The Morgan fingerprint density at radius 2 is 2.33 bits per heavy atom. The Labute approximate surface area is 91.7 Å². The predicted molar refractivity (Wildman–Crippen MR) is 58.8 cm³/mol. The highest BCUT2D eigenvalue weighted by Gasteiger charge is 2.36. The van der Waals surface area contributed by atoms with E-state index in [0.29, 0.717) is 6.10 Å². The maximum Gasteiger partial charge on any atom is 0.0674 e. The van der Waals surface area contributed by atoms with Crippen LogP contribution in [0.3, 0.4) is 0 Å². The van der Waals surface area contributed by atoms with E-state index >= 15 is 0 Å². The van der Waals surface area contributed by atoms with Gasteiger partial charge in [0.25, 0.3) is 0 Å². The van der Waals surface area contributed by atoms with Gasteiger partial charge in [-0.25, -0.2) is 0 Å². The highest BCUT2D eigenvalue weighted by molar-refractivity contribution is 4.88. The van der Waals surface area contributed by atoms with Gasteiger partial charge >= 0.3 is 0 Å². The summed E-state index contributed by atoms with van der Waals surface area (Å²) in [4.78, 5) is 2.47. The second-order valence-electron chi connectivity index (χ2n) is 4.92. The van der Waals surface area contributed by atoms with E-state index in [1.165, 1.54) is 0 Å². The van der Waals surface area contributed by atoms with E-state index in [9.17, 15) is 0 Å². The van der Waals surface area contributed by atoms with Crippen LogP contribution in [0.25, 0.3) is 0 Å². The summed E-state index contributed by atoms with van der Waals surface area (Å²) in [5.74, 6) is 0. The Morgan fingerprint density at radius 1 is 1.47 bits per heavy atom. The summed E-state index contributed by atoms with van der Waals surface area (Å²) in [6, 6.07) is 0. The minimum atomic E-state index is 0.205. The summed E-state index contributed by atoms with van der Waals surface area (Å²) in [5.41, 5.74) is 6.09. The Bertz CT molecular complexity index is 205. The van der Waals surface area contributed by atoms with Crippen LogP contribution >= 0.6 is 0 Å². The molecule has 0 aromatic heterocycles. The molecule has 2 fully saturated rings. The molecule has 15 heavy (non-hydrogen) atoms. The first-order chi connectivity index (χ1) is 7.24. The molecule has 2 N–H and O–H groups in total. The fourth-order valence-corrected chi connectivity index (χ4v) is 2.51.